The van der Waals surface area contributed by atoms with Crippen molar-refractivity contribution in [2.75, 3.05) is 26.7 Å². The van der Waals surface area contributed by atoms with Gasteiger partial charge in [0.2, 0.25) is 11.8 Å². The van der Waals surface area contributed by atoms with E-state index in [-0.39, 0.29) is 30.9 Å². The molecule has 6 N–H and O–H groups in total. The lowest BCUT2D eigenvalue weighted by molar-refractivity contribution is -0.136. The highest BCUT2D eigenvalue weighted by molar-refractivity contribution is 5.87. The third kappa shape index (κ3) is 5.80. The molecule has 142 valence electrons. The Morgan fingerprint density at radius 3 is 2.48 bits per heavy atom. The second kappa shape index (κ2) is 9.09. The molecule has 10 nitrogen and oxygen atoms in total. The lowest BCUT2D eigenvalue weighted by atomic mass is 9.93. The maximum absolute atomic E-state index is 12.8. The van der Waals surface area contributed by atoms with Crippen LogP contribution in [0, 0.1) is 5.92 Å². The number of hydrogen-bond donors (Lipinski definition) is 4. The van der Waals surface area contributed by atoms with Crippen molar-refractivity contribution < 1.29 is 19.5 Å². The number of aliphatic imine (C=N–C) groups is 1. The maximum Gasteiger partial charge on any atom is 0.407 e. The van der Waals surface area contributed by atoms with E-state index in [0.717, 1.165) is 17.7 Å². The second-order valence-corrected chi connectivity index (χ2v) is 6.26. The molecule has 25 heavy (non-hydrogen) atoms. The standard InChI is InChI=1S/C15H28N6O4/c1-4-5-6-20(3)13(23)12(18-9(2)22)10-7-21(15(24)25)8-11(10)19-14(16)17/h10-12H,4-8H2,1-3H3,(H,18,22)(H,24,25)(H4,16,17,19)/t10-,11-,12?/m0/s1. The molecule has 10 heteroatoms. The zero-order valence-electron chi connectivity index (χ0n) is 14.9. The summed E-state index contributed by atoms with van der Waals surface area (Å²) in [5.74, 6) is -1.38. The highest BCUT2D eigenvalue weighted by Crippen LogP contribution is 2.25. The van der Waals surface area contributed by atoms with E-state index in [2.05, 4.69) is 10.3 Å². The smallest absolute Gasteiger partial charge is 0.407 e. The van der Waals surface area contributed by atoms with Gasteiger partial charge in [-0.25, -0.2) is 9.79 Å². The van der Waals surface area contributed by atoms with Gasteiger partial charge in [0.1, 0.15) is 6.04 Å². The molecule has 0 aliphatic carbocycles. The Morgan fingerprint density at radius 2 is 2.00 bits per heavy atom. The number of nitrogens with two attached hydrogens (primary N) is 2. The summed E-state index contributed by atoms with van der Waals surface area (Å²) in [5, 5.41) is 11.9. The monoisotopic (exact) mass is 356 g/mol. The van der Waals surface area contributed by atoms with E-state index in [9.17, 15) is 19.5 Å². The Balaban J connectivity index is 3.08. The van der Waals surface area contributed by atoms with Crippen molar-refractivity contribution in [3.05, 3.63) is 0 Å². The van der Waals surface area contributed by atoms with Gasteiger partial charge in [-0.15, -0.1) is 0 Å². The van der Waals surface area contributed by atoms with Crippen molar-refractivity contribution in [2.45, 2.75) is 38.8 Å². The number of amides is 3. The third-order valence-corrected chi connectivity index (χ3v) is 4.19. The molecule has 0 aromatic rings. The highest BCUT2D eigenvalue weighted by atomic mass is 16.4. The molecule has 0 saturated carbocycles. The number of rotatable bonds is 7. The lowest BCUT2D eigenvalue weighted by Crippen LogP contribution is -2.53. The number of carbonyl (C=O) groups excluding carboxylic acids is 2. The number of nitrogens with zero attached hydrogens (tertiary/aromatic N) is 3. The molecule has 0 radical (unpaired) electrons. The minimum Gasteiger partial charge on any atom is -0.465 e. The van der Waals surface area contributed by atoms with Gasteiger partial charge in [0.15, 0.2) is 5.96 Å². The van der Waals surface area contributed by atoms with Crippen LogP contribution in [0.1, 0.15) is 26.7 Å². The molecule has 0 bridgehead atoms. The summed E-state index contributed by atoms with van der Waals surface area (Å²) in [6, 6.07) is -1.49. The molecule has 1 fully saturated rings. The summed E-state index contributed by atoms with van der Waals surface area (Å²) in [6.07, 6.45) is 0.639. The summed E-state index contributed by atoms with van der Waals surface area (Å²) >= 11 is 0. The van der Waals surface area contributed by atoms with Crippen molar-refractivity contribution in [1.29, 1.82) is 0 Å². The van der Waals surface area contributed by atoms with Crippen LogP contribution in [-0.2, 0) is 9.59 Å². The normalized spacial score (nSPS) is 20.7. The van der Waals surface area contributed by atoms with Gasteiger partial charge in [0.25, 0.3) is 0 Å². The van der Waals surface area contributed by atoms with E-state index in [1.807, 2.05) is 6.92 Å². The number of hydrogen-bond acceptors (Lipinski definition) is 4. The van der Waals surface area contributed by atoms with E-state index in [1.54, 1.807) is 11.9 Å². The Hall–Kier alpha value is -2.52. The first-order valence-corrected chi connectivity index (χ1v) is 8.26. The van der Waals surface area contributed by atoms with Crippen LogP contribution in [0.5, 0.6) is 0 Å². The van der Waals surface area contributed by atoms with Gasteiger partial charge in [-0.3, -0.25) is 9.59 Å². The minimum atomic E-state index is -1.12. The van der Waals surface area contributed by atoms with Crippen LogP contribution in [0.4, 0.5) is 4.79 Å². The fourth-order valence-corrected chi connectivity index (χ4v) is 2.94. The van der Waals surface area contributed by atoms with Crippen molar-refractivity contribution in [3.8, 4) is 0 Å². The average molecular weight is 356 g/mol. The molecule has 1 rings (SSSR count). The molecule has 1 saturated heterocycles. The lowest BCUT2D eigenvalue weighted by Gasteiger charge is -2.29. The number of carbonyl (C=O) groups is 3. The first-order chi connectivity index (χ1) is 11.7. The summed E-state index contributed by atoms with van der Waals surface area (Å²) in [6.45, 7) is 4.01. The van der Waals surface area contributed by atoms with E-state index in [0.29, 0.717) is 6.54 Å². The van der Waals surface area contributed by atoms with Crippen LogP contribution < -0.4 is 16.8 Å². The molecule has 1 aliphatic rings. The molecule has 0 spiro atoms. The number of likely N-dealkylation sites (N-methyl/N-ethyl adjacent to an activating group) is 1. The molecule has 3 amide bonds. The van der Waals surface area contributed by atoms with E-state index >= 15 is 0 Å². The predicted molar refractivity (Wildman–Crippen MR) is 92.8 cm³/mol. The van der Waals surface area contributed by atoms with Crippen molar-refractivity contribution >= 4 is 23.9 Å². The van der Waals surface area contributed by atoms with E-state index in [4.69, 9.17) is 11.5 Å². The van der Waals surface area contributed by atoms with Crippen LogP contribution in [0.2, 0.25) is 0 Å². The van der Waals surface area contributed by atoms with Gasteiger partial charge in [-0.1, -0.05) is 13.3 Å². The molecule has 0 aromatic heterocycles. The summed E-state index contributed by atoms with van der Waals surface area (Å²) in [5.41, 5.74) is 10.9. The second-order valence-electron chi connectivity index (χ2n) is 6.26. The maximum atomic E-state index is 12.8. The fraction of sp³-hybridized carbons (Fsp3) is 0.733. The van der Waals surface area contributed by atoms with E-state index in [1.165, 1.54) is 6.92 Å². The molecule has 1 aliphatic heterocycles. The number of carboxylic acid groups (broad SMARTS) is 1. The van der Waals surface area contributed by atoms with Crippen LogP contribution in [0.3, 0.4) is 0 Å². The SMILES string of the molecule is CCCCN(C)C(=O)C(NC(C)=O)[C@H]1CN(C(=O)O)C[C@@H]1N=C(N)N. The largest absolute Gasteiger partial charge is 0.465 e. The summed E-state index contributed by atoms with van der Waals surface area (Å²) < 4.78 is 0. The predicted octanol–water partition coefficient (Wildman–Crippen LogP) is -0.999. The first-order valence-electron chi connectivity index (χ1n) is 8.26. The molecule has 1 heterocycles. The number of likely N-dealkylation sites (tertiary alicyclic amines) is 1. The van der Waals surface area contributed by atoms with Gasteiger partial charge in [0.05, 0.1) is 6.04 Å². The van der Waals surface area contributed by atoms with Gasteiger partial charge >= 0.3 is 6.09 Å². The van der Waals surface area contributed by atoms with Crippen molar-refractivity contribution in [3.63, 3.8) is 0 Å². The summed E-state index contributed by atoms with van der Waals surface area (Å²) in [4.78, 5) is 42.5. The third-order valence-electron chi connectivity index (χ3n) is 4.19. The van der Waals surface area contributed by atoms with Crippen molar-refractivity contribution in [2.24, 2.45) is 22.4 Å². The first kappa shape index (κ1) is 20.5. The van der Waals surface area contributed by atoms with Crippen LogP contribution in [0.15, 0.2) is 4.99 Å². The Bertz CT molecular complexity index is 534. The number of guanidine groups is 1. The quantitative estimate of drug-likeness (QED) is 0.339. The average Bonchev–Trinajstić information content (AvgIpc) is 2.92. The van der Waals surface area contributed by atoms with Crippen molar-refractivity contribution in [1.82, 2.24) is 15.1 Å². The topological polar surface area (TPSA) is 154 Å². The highest BCUT2D eigenvalue weighted by Gasteiger charge is 2.44. The van der Waals surface area contributed by atoms with Gasteiger partial charge in [0, 0.05) is 39.5 Å². The molecule has 0 aromatic carbocycles. The van der Waals surface area contributed by atoms with Gasteiger partial charge in [-0.05, 0) is 6.42 Å². The number of nitrogens with one attached hydrogen (secondary N) is 1. The Labute approximate surface area is 147 Å². The van der Waals surface area contributed by atoms with Gasteiger partial charge < -0.3 is 31.7 Å². The zero-order chi connectivity index (χ0) is 19.1. The van der Waals surface area contributed by atoms with E-state index < -0.39 is 24.1 Å². The fourth-order valence-electron chi connectivity index (χ4n) is 2.94. The Morgan fingerprint density at radius 1 is 1.36 bits per heavy atom. The molecule has 3 atom stereocenters. The molecule has 1 unspecified atom stereocenters. The Kier molecular flexibility index (Phi) is 7.46. The van der Waals surface area contributed by atoms with Crippen LogP contribution in [-0.4, -0.2) is 77.5 Å². The van der Waals surface area contributed by atoms with Crippen LogP contribution in [0.25, 0.3) is 0 Å². The zero-order valence-corrected chi connectivity index (χ0v) is 14.9. The number of unbranched alkanes of at least 4 members (excludes halogenated alkanes) is 1. The molecular weight excluding hydrogens is 328 g/mol. The van der Waals surface area contributed by atoms with Crippen LogP contribution >= 0.6 is 0 Å². The summed E-state index contributed by atoms with van der Waals surface area (Å²) in [7, 11) is 1.66. The van der Waals surface area contributed by atoms with Gasteiger partial charge in [-0.2, -0.15) is 0 Å². The minimum absolute atomic E-state index is 0.0646. The molecular formula is C15H28N6O4.